The van der Waals surface area contributed by atoms with E-state index in [1.165, 1.54) is 13.0 Å². The van der Waals surface area contributed by atoms with Gasteiger partial charge in [-0.15, -0.1) is 0 Å². The van der Waals surface area contributed by atoms with Crippen LogP contribution in [0.4, 0.5) is 30.7 Å². The molecule has 0 unspecified atom stereocenters. The number of hydrogen-bond donors (Lipinski definition) is 0. The van der Waals surface area contributed by atoms with Gasteiger partial charge in [0.2, 0.25) is 0 Å². The smallest absolute Gasteiger partial charge is 0.460 e. The second kappa shape index (κ2) is 5.65. The first-order valence-electron chi connectivity index (χ1n) is 5.54. The number of esters is 1. The molecule has 124 valence electrons. The molecular weight excluding hydrogens is 325 g/mol. The fourth-order valence-corrected chi connectivity index (χ4v) is 1.33. The Hall–Kier alpha value is -2.00. The number of carbonyl (C=O) groups excluding carboxylic acids is 1. The van der Waals surface area contributed by atoms with Crippen LogP contribution in [0.5, 0.6) is 11.5 Å². The number of carbonyl (C=O) groups is 1. The van der Waals surface area contributed by atoms with Crippen molar-refractivity contribution in [3.63, 3.8) is 0 Å². The van der Waals surface area contributed by atoms with Gasteiger partial charge in [0.05, 0.1) is 7.11 Å². The van der Waals surface area contributed by atoms with E-state index in [9.17, 15) is 35.5 Å². The summed E-state index contributed by atoms with van der Waals surface area (Å²) >= 11 is 0. The van der Waals surface area contributed by atoms with Crippen LogP contribution in [-0.4, -0.2) is 31.1 Å². The van der Waals surface area contributed by atoms with E-state index in [0.717, 1.165) is 19.2 Å². The number of halogens is 7. The van der Waals surface area contributed by atoms with Crippen molar-refractivity contribution in [2.24, 2.45) is 0 Å². The first kappa shape index (κ1) is 18.1. The molecule has 1 aromatic rings. The molecule has 0 aliphatic rings. The predicted octanol–water partition coefficient (Wildman–Crippen LogP) is 3.74. The van der Waals surface area contributed by atoms with Gasteiger partial charge >= 0.3 is 24.0 Å². The van der Waals surface area contributed by atoms with Crippen LogP contribution in [-0.2, 0) is 4.79 Å². The molecular formula is C12H9F7O3. The van der Waals surface area contributed by atoms with Gasteiger partial charge in [0.15, 0.2) is 11.5 Å². The quantitative estimate of drug-likeness (QED) is 0.478. The minimum atomic E-state index is -6.62. The molecule has 1 aromatic carbocycles. The van der Waals surface area contributed by atoms with Crippen LogP contribution >= 0.6 is 0 Å². The topological polar surface area (TPSA) is 35.5 Å². The Kier molecular flexibility index (Phi) is 4.64. The minimum Gasteiger partial charge on any atom is -0.493 e. The summed E-state index contributed by atoms with van der Waals surface area (Å²) in [5, 5.41) is 0. The van der Waals surface area contributed by atoms with Crippen LogP contribution < -0.4 is 9.47 Å². The van der Waals surface area contributed by atoms with Gasteiger partial charge in [-0.1, -0.05) is 6.07 Å². The maximum atomic E-state index is 13.1. The van der Waals surface area contributed by atoms with E-state index in [0.29, 0.717) is 5.56 Å². The minimum absolute atomic E-state index is 0.287. The molecule has 10 heteroatoms. The fourth-order valence-electron chi connectivity index (χ4n) is 1.33. The molecule has 22 heavy (non-hydrogen) atoms. The van der Waals surface area contributed by atoms with Gasteiger partial charge in [-0.05, 0) is 24.6 Å². The van der Waals surface area contributed by atoms with Crippen LogP contribution in [0.25, 0.3) is 0 Å². The number of ether oxygens (including phenoxy) is 2. The van der Waals surface area contributed by atoms with Crippen LogP contribution in [0.2, 0.25) is 0 Å². The predicted molar refractivity (Wildman–Crippen MR) is 59.3 cm³/mol. The summed E-state index contributed by atoms with van der Waals surface area (Å²) in [6, 6.07) is 3.55. The molecule has 0 heterocycles. The number of methoxy groups -OCH3 is 1. The van der Waals surface area contributed by atoms with E-state index in [4.69, 9.17) is 0 Å². The van der Waals surface area contributed by atoms with Crippen molar-refractivity contribution < 1.29 is 45.0 Å². The van der Waals surface area contributed by atoms with E-state index in [2.05, 4.69) is 9.47 Å². The Morgan fingerprint density at radius 1 is 1.00 bits per heavy atom. The van der Waals surface area contributed by atoms with E-state index in [1.54, 1.807) is 0 Å². The zero-order valence-corrected chi connectivity index (χ0v) is 11.1. The van der Waals surface area contributed by atoms with Gasteiger partial charge in [-0.2, -0.15) is 30.7 Å². The molecule has 0 atom stereocenters. The van der Waals surface area contributed by atoms with E-state index in [-0.39, 0.29) is 5.75 Å². The third-order valence-electron chi connectivity index (χ3n) is 2.53. The largest absolute Gasteiger partial charge is 0.493 e. The lowest BCUT2D eigenvalue weighted by Crippen LogP contribution is -2.57. The molecule has 0 aliphatic carbocycles. The number of aryl methyl sites for hydroxylation is 1. The standard InChI is InChI=1S/C12H9F7O3/c1-6-3-4-7(21-2)8(5-6)22-9(20)10(13,14)11(15,16)12(17,18)19/h3-5H,1-2H3. The van der Waals surface area contributed by atoms with E-state index >= 15 is 0 Å². The van der Waals surface area contributed by atoms with Crippen molar-refractivity contribution in [3.8, 4) is 11.5 Å². The Bertz CT molecular complexity index is 566. The van der Waals surface area contributed by atoms with E-state index < -0.39 is 29.7 Å². The Morgan fingerprint density at radius 3 is 2.00 bits per heavy atom. The molecule has 0 fully saturated rings. The SMILES string of the molecule is COc1ccc(C)cc1OC(=O)C(F)(F)C(F)(F)C(F)(F)F. The van der Waals surface area contributed by atoms with Crippen molar-refractivity contribution in [1.82, 2.24) is 0 Å². The molecule has 0 saturated carbocycles. The molecule has 0 radical (unpaired) electrons. The average Bonchev–Trinajstić information content (AvgIpc) is 2.37. The molecule has 1 rings (SSSR count). The molecule has 0 N–H and O–H groups in total. The van der Waals surface area contributed by atoms with Crippen LogP contribution in [0.15, 0.2) is 18.2 Å². The average molecular weight is 334 g/mol. The molecule has 0 saturated heterocycles. The van der Waals surface area contributed by atoms with Crippen LogP contribution in [0.3, 0.4) is 0 Å². The number of benzene rings is 1. The summed E-state index contributed by atoms with van der Waals surface area (Å²) in [6.45, 7) is 1.44. The lowest BCUT2D eigenvalue weighted by atomic mass is 10.1. The van der Waals surface area contributed by atoms with Gasteiger partial charge in [0.1, 0.15) is 0 Å². The Morgan fingerprint density at radius 2 is 1.55 bits per heavy atom. The third-order valence-corrected chi connectivity index (χ3v) is 2.53. The normalized spacial score (nSPS) is 13.0. The Balaban J connectivity index is 3.14. The zero-order valence-electron chi connectivity index (χ0n) is 11.1. The summed E-state index contributed by atoms with van der Waals surface area (Å²) in [7, 11) is 1.06. The maximum absolute atomic E-state index is 13.1. The molecule has 0 aromatic heterocycles. The van der Waals surface area contributed by atoms with Gasteiger partial charge in [-0.3, -0.25) is 0 Å². The highest BCUT2D eigenvalue weighted by molar-refractivity contribution is 5.82. The second-order valence-electron chi connectivity index (χ2n) is 4.19. The molecule has 0 spiro atoms. The summed E-state index contributed by atoms with van der Waals surface area (Å²) in [5.41, 5.74) is 0.370. The second-order valence-corrected chi connectivity index (χ2v) is 4.19. The zero-order chi connectivity index (χ0) is 17.3. The lowest BCUT2D eigenvalue weighted by Gasteiger charge is -2.26. The van der Waals surface area contributed by atoms with Gasteiger partial charge < -0.3 is 9.47 Å². The first-order valence-corrected chi connectivity index (χ1v) is 5.54. The monoisotopic (exact) mass is 334 g/mol. The van der Waals surface area contributed by atoms with E-state index in [1.807, 2.05) is 0 Å². The highest BCUT2D eigenvalue weighted by atomic mass is 19.4. The van der Waals surface area contributed by atoms with Gasteiger partial charge in [0.25, 0.3) is 0 Å². The van der Waals surface area contributed by atoms with Gasteiger partial charge in [-0.25, -0.2) is 4.79 Å². The molecule has 0 amide bonds. The summed E-state index contributed by atoms with van der Waals surface area (Å²) in [4.78, 5) is 11.1. The van der Waals surface area contributed by atoms with Crippen molar-refractivity contribution >= 4 is 5.97 Å². The lowest BCUT2D eigenvalue weighted by molar-refractivity contribution is -0.346. The fraction of sp³-hybridized carbons (Fsp3) is 0.417. The van der Waals surface area contributed by atoms with Crippen molar-refractivity contribution in [2.45, 2.75) is 24.9 Å². The summed E-state index contributed by atoms with van der Waals surface area (Å²) < 4.78 is 96.2. The van der Waals surface area contributed by atoms with Gasteiger partial charge in [0, 0.05) is 0 Å². The highest BCUT2D eigenvalue weighted by Crippen LogP contribution is 2.47. The van der Waals surface area contributed by atoms with Crippen molar-refractivity contribution in [3.05, 3.63) is 23.8 Å². The van der Waals surface area contributed by atoms with Crippen molar-refractivity contribution in [2.75, 3.05) is 7.11 Å². The number of rotatable bonds is 4. The third kappa shape index (κ3) is 3.09. The van der Waals surface area contributed by atoms with Crippen molar-refractivity contribution in [1.29, 1.82) is 0 Å². The Labute approximate surface area is 119 Å². The summed E-state index contributed by atoms with van der Waals surface area (Å²) in [6.07, 6.45) is -6.62. The summed E-state index contributed by atoms with van der Waals surface area (Å²) in [5.74, 6) is -16.7. The molecule has 3 nitrogen and oxygen atoms in total. The first-order chi connectivity index (χ1) is 9.84. The highest BCUT2D eigenvalue weighted by Gasteiger charge is 2.77. The number of alkyl halides is 7. The molecule has 0 aliphatic heterocycles. The molecule has 0 bridgehead atoms. The van der Waals surface area contributed by atoms with Crippen LogP contribution in [0.1, 0.15) is 5.56 Å². The van der Waals surface area contributed by atoms with Crippen LogP contribution in [0, 0.1) is 6.92 Å². The maximum Gasteiger partial charge on any atom is 0.460 e. The number of hydrogen-bond acceptors (Lipinski definition) is 3.